The molecule has 3 fully saturated rings. The molecule has 1 aromatic heterocycles. The molecule has 7 nitrogen and oxygen atoms in total. The van der Waals surface area contributed by atoms with Crippen molar-refractivity contribution in [1.29, 1.82) is 0 Å². The number of fused-ring (bicyclic) bond motifs is 3. The Kier molecular flexibility index (Phi) is 10.8. The zero-order valence-corrected chi connectivity index (χ0v) is 26.7. The van der Waals surface area contributed by atoms with Crippen LogP contribution in [0.1, 0.15) is 99.5 Å². The second kappa shape index (κ2) is 15.0. The van der Waals surface area contributed by atoms with Crippen molar-refractivity contribution in [3.05, 3.63) is 65.5 Å². The van der Waals surface area contributed by atoms with Crippen LogP contribution in [0, 0.1) is 5.92 Å². The van der Waals surface area contributed by atoms with Crippen LogP contribution in [0.4, 0.5) is 8.78 Å². The highest BCUT2D eigenvalue weighted by Crippen LogP contribution is 2.38. The van der Waals surface area contributed by atoms with Crippen LogP contribution in [0.15, 0.2) is 48.7 Å². The maximum absolute atomic E-state index is 13.8. The molecule has 2 aliphatic carbocycles. The van der Waals surface area contributed by atoms with Gasteiger partial charge in [0.15, 0.2) is 0 Å². The number of piperazine rings is 1. The molecule has 4 aliphatic rings. The highest BCUT2D eigenvalue weighted by Gasteiger charge is 2.44. The minimum Gasteiger partial charge on any atom is -0.349 e. The van der Waals surface area contributed by atoms with Crippen molar-refractivity contribution in [2.45, 2.75) is 113 Å². The zero-order valence-electron chi connectivity index (χ0n) is 26.7. The van der Waals surface area contributed by atoms with Gasteiger partial charge < -0.3 is 16.4 Å². The average molecular weight is 623 g/mol. The number of alkyl halides is 2. The van der Waals surface area contributed by atoms with E-state index in [0.29, 0.717) is 24.2 Å². The monoisotopic (exact) mass is 622 g/mol. The number of unbranched alkanes of at least 4 members (excludes halogenated alkanes) is 1. The number of rotatable bonds is 13. The standard InChI is InChI=1S/C36H52F2N6O/c37-36(38)18-15-28(16-19-36)35(45)42-30(26-8-2-1-3-9-26)17-23-44-29-13-14-32(44)31(41-24-29)25-43(22-5-4-20-39)33-12-6-10-27-11-7-21-40-34(27)33/h1-3,7-9,11,21,28-33,41H,4-6,10,12-20,22-25,39H2,(H,42,45)/t29-,30-,31+,32+,33?/m0/s1. The van der Waals surface area contributed by atoms with Gasteiger partial charge in [0.1, 0.15) is 0 Å². The van der Waals surface area contributed by atoms with Crippen LogP contribution >= 0.6 is 0 Å². The third-order valence-electron chi connectivity index (χ3n) is 11.0. The highest BCUT2D eigenvalue weighted by molar-refractivity contribution is 5.79. The molecule has 5 atom stereocenters. The Hall–Kier alpha value is -2.46. The third kappa shape index (κ3) is 7.92. The van der Waals surface area contributed by atoms with Gasteiger partial charge in [0.05, 0.1) is 17.8 Å². The second-order valence-corrected chi connectivity index (χ2v) is 13.9. The van der Waals surface area contributed by atoms with E-state index >= 15 is 0 Å². The van der Waals surface area contributed by atoms with E-state index < -0.39 is 5.92 Å². The lowest BCUT2D eigenvalue weighted by molar-refractivity contribution is -0.130. The Bertz CT molecular complexity index is 1240. The predicted molar refractivity (Wildman–Crippen MR) is 174 cm³/mol. The number of aryl methyl sites for hydroxylation is 1. The van der Waals surface area contributed by atoms with E-state index in [1.807, 2.05) is 24.4 Å². The van der Waals surface area contributed by atoms with Gasteiger partial charge in [-0.15, -0.1) is 0 Å². The molecule has 1 saturated carbocycles. The van der Waals surface area contributed by atoms with E-state index in [9.17, 15) is 13.6 Å². The third-order valence-corrected chi connectivity index (χ3v) is 11.0. The Morgan fingerprint density at radius 3 is 2.71 bits per heavy atom. The van der Waals surface area contributed by atoms with Crippen LogP contribution in [0.2, 0.25) is 0 Å². The number of benzene rings is 1. The van der Waals surface area contributed by atoms with Crippen LogP contribution < -0.4 is 16.4 Å². The number of carbonyl (C=O) groups is 1. The molecule has 2 saturated heterocycles. The molecule has 3 heterocycles. The first-order valence-electron chi connectivity index (χ1n) is 17.5. The molecule has 2 aromatic rings. The van der Waals surface area contributed by atoms with Crippen LogP contribution in [-0.2, 0) is 11.2 Å². The summed E-state index contributed by atoms with van der Waals surface area (Å²) in [6, 6.07) is 16.0. The molecule has 246 valence electrons. The average Bonchev–Trinajstić information content (AvgIpc) is 3.35. The van der Waals surface area contributed by atoms with Gasteiger partial charge in [-0.2, -0.15) is 0 Å². The maximum Gasteiger partial charge on any atom is 0.248 e. The summed E-state index contributed by atoms with van der Waals surface area (Å²) >= 11 is 0. The van der Waals surface area contributed by atoms with Crippen molar-refractivity contribution in [3.63, 3.8) is 0 Å². The van der Waals surface area contributed by atoms with Gasteiger partial charge in [-0.3, -0.25) is 19.6 Å². The van der Waals surface area contributed by atoms with Crippen LogP contribution in [-0.4, -0.2) is 77.5 Å². The fraction of sp³-hybridized carbons (Fsp3) is 0.667. The number of nitrogens with two attached hydrogens (primary N) is 1. The highest BCUT2D eigenvalue weighted by atomic mass is 19.3. The van der Waals surface area contributed by atoms with E-state index in [2.05, 4.69) is 44.7 Å². The molecule has 45 heavy (non-hydrogen) atoms. The van der Waals surface area contributed by atoms with Gasteiger partial charge in [-0.25, -0.2) is 8.78 Å². The number of aromatic nitrogens is 1. The number of halogens is 2. The minimum absolute atomic E-state index is 0.0741. The van der Waals surface area contributed by atoms with E-state index in [-0.39, 0.29) is 43.6 Å². The fourth-order valence-electron chi connectivity index (χ4n) is 8.48. The summed E-state index contributed by atoms with van der Waals surface area (Å²) in [7, 11) is 0. The van der Waals surface area contributed by atoms with Crippen molar-refractivity contribution in [1.82, 2.24) is 25.4 Å². The maximum atomic E-state index is 13.8. The van der Waals surface area contributed by atoms with Crippen molar-refractivity contribution >= 4 is 5.91 Å². The molecule has 1 aromatic carbocycles. The fourth-order valence-corrected chi connectivity index (χ4v) is 8.48. The Labute approximate surface area is 267 Å². The lowest BCUT2D eigenvalue weighted by Gasteiger charge is -2.45. The van der Waals surface area contributed by atoms with Gasteiger partial charge >= 0.3 is 0 Å². The smallest absolute Gasteiger partial charge is 0.248 e. The number of pyridine rings is 1. The first-order chi connectivity index (χ1) is 21.9. The Morgan fingerprint density at radius 2 is 1.91 bits per heavy atom. The normalized spacial score (nSPS) is 27.3. The van der Waals surface area contributed by atoms with Gasteiger partial charge in [-0.05, 0) is 94.5 Å². The van der Waals surface area contributed by atoms with E-state index in [1.54, 1.807) is 0 Å². The predicted octanol–water partition coefficient (Wildman–Crippen LogP) is 5.38. The largest absolute Gasteiger partial charge is 0.349 e. The van der Waals surface area contributed by atoms with Gasteiger partial charge in [-0.1, -0.05) is 36.4 Å². The summed E-state index contributed by atoms with van der Waals surface area (Å²) in [6.45, 7) is 4.62. The number of amides is 1. The number of hydrogen-bond acceptors (Lipinski definition) is 6. The van der Waals surface area contributed by atoms with Crippen molar-refractivity contribution in [3.8, 4) is 0 Å². The van der Waals surface area contributed by atoms with Gasteiger partial charge in [0.2, 0.25) is 11.8 Å². The zero-order chi connectivity index (χ0) is 31.2. The number of carbonyl (C=O) groups excluding carboxylic acids is 1. The lowest BCUT2D eigenvalue weighted by Crippen LogP contribution is -2.61. The quantitative estimate of drug-likeness (QED) is 0.260. The molecular weight excluding hydrogens is 570 g/mol. The van der Waals surface area contributed by atoms with Crippen molar-refractivity contribution in [2.24, 2.45) is 11.7 Å². The van der Waals surface area contributed by atoms with E-state index in [1.165, 1.54) is 30.5 Å². The molecule has 4 N–H and O–H groups in total. The van der Waals surface area contributed by atoms with E-state index in [4.69, 9.17) is 10.7 Å². The molecule has 2 bridgehead atoms. The molecule has 0 radical (unpaired) electrons. The van der Waals surface area contributed by atoms with E-state index in [0.717, 1.165) is 70.4 Å². The molecule has 9 heteroatoms. The summed E-state index contributed by atoms with van der Waals surface area (Å²) in [5.74, 6) is -3.04. The van der Waals surface area contributed by atoms with Crippen LogP contribution in [0.5, 0.6) is 0 Å². The number of nitrogens with zero attached hydrogens (tertiary/aromatic N) is 3. The molecule has 1 amide bonds. The molecule has 1 unspecified atom stereocenters. The summed E-state index contributed by atoms with van der Waals surface area (Å²) in [5.41, 5.74) is 9.64. The summed E-state index contributed by atoms with van der Waals surface area (Å²) in [5, 5.41) is 7.23. The summed E-state index contributed by atoms with van der Waals surface area (Å²) in [6.07, 6.45) is 10.8. The molecule has 0 spiro atoms. The number of hydrogen-bond donors (Lipinski definition) is 3. The van der Waals surface area contributed by atoms with Gasteiger partial charge in [0, 0.05) is 62.7 Å². The molecule has 2 aliphatic heterocycles. The van der Waals surface area contributed by atoms with Crippen LogP contribution in [0.25, 0.3) is 0 Å². The van der Waals surface area contributed by atoms with Gasteiger partial charge in [0.25, 0.3) is 0 Å². The minimum atomic E-state index is -2.63. The Balaban J connectivity index is 1.13. The SMILES string of the molecule is NCCCCN(C[C@H]1NC[C@@H]2CC[C@H]1N2CC[C@H](NC(=O)C1CCC(F)(F)CC1)c1ccccc1)C1CCCc2cccnc21. The first-order valence-corrected chi connectivity index (χ1v) is 17.5. The summed E-state index contributed by atoms with van der Waals surface area (Å²) in [4.78, 5) is 23.6. The number of nitrogens with one attached hydrogen (secondary N) is 2. The van der Waals surface area contributed by atoms with Crippen molar-refractivity contribution < 1.29 is 13.6 Å². The molecule has 6 rings (SSSR count). The topological polar surface area (TPSA) is 86.5 Å². The second-order valence-electron chi connectivity index (χ2n) is 13.9. The Morgan fingerprint density at radius 1 is 1.09 bits per heavy atom. The molecular formula is C36H52F2N6O. The van der Waals surface area contributed by atoms with Crippen molar-refractivity contribution in [2.75, 3.05) is 32.7 Å². The van der Waals surface area contributed by atoms with Crippen LogP contribution in [0.3, 0.4) is 0 Å². The lowest BCUT2D eigenvalue weighted by atomic mass is 9.86. The summed E-state index contributed by atoms with van der Waals surface area (Å²) < 4.78 is 27.6. The first kappa shape index (κ1) is 32.5.